The number of aromatic nitrogens is 1. The van der Waals surface area contributed by atoms with Gasteiger partial charge < -0.3 is 39.8 Å². The Kier molecular flexibility index (Phi) is 5.42. The zero-order valence-corrected chi connectivity index (χ0v) is 16.5. The van der Waals surface area contributed by atoms with Gasteiger partial charge in [0.15, 0.2) is 23.3 Å². The number of aliphatic hydroxyl groups is 4. The second kappa shape index (κ2) is 7.86. The summed E-state index contributed by atoms with van der Waals surface area (Å²) < 4.78 is 38.5. The Balaban J connectivity index is 1.89. The summed E-state index contributed by atoms with van der Waals surface area (Å²) >= 11 is 0. The lowest BCUT2D eigenvalue weighted by Crippen LogP contribution is -2.64. The quantitative estimate of drug-likeness (QED) is 0.326. The number of carboxylic acids is 1. The average Bonchev–Trinajstić information content (AvgIpc) is 3.20. The lowest BCUT2D eigenvalue weighted by Gasteiger charge is -2.44. The SMILES string of the molecule is C=C(F)c1cc(C2(O)O[C@H](C(=O)O)[C@@H](O)[C@H](O)[C@H]2O)cc2nc(-c3ccc(O)c(F)c3)oc12. The number of hydrogen-bond acceptors (Lipinski definition) is 9. The minimum Gasteiger partial charge on any atom is -0.505 e. The van der Waals surface area contributed by atoms with Crippen LogP contribution in [0.2, 0.25) is 0 Å². The van der Waals surface area contributed by atoms with Crippen LogP contribution in [0.4, 0.5) is 8.78 Å². The molecule has 33 heavy (non-hydrogen) atoms. The maximum atomic E-state index is 14.3. The standard InChI is InChI=1S/C21H17F2NO9/c1-7(22)10-5-9(21(31)18(28)15(27)14(26)17(33-21)20(29)30)6-12-16(10)32-19(24-12)8-2-3-13(25)11(23)4-8/h2-6,14-15,17-18,25-28,31H,1H2,(H,29,30)/t14-,15-,17-,18+,21?/m0/s1. The van der Waals surface area contributed by atoms with Crippen LogP contribution in [0.15, 0.2) is 41.3 Å². The van der Waals surface area contributed by atoms with Gasteiger partial charge in [-0.25, -0.2) is 18.6 Å². The minimum absolute atomic E-state index is 0.0793. The van der Waals surface area contributed by atoms with Crippen molar-refractivity contribution in [3.63, 3.8) is 0 Å². The molecule has 6 N–H and O–H groups in total. The number of halogens is 2. The largest absolute Gasteiger partial charge is 0.505 e. The van der Waals surface area contributed by atoms with Crippen molar-refractivity contribution in [2.24, 2.45) is 0 Å². The molecule has 1 aromatic heterocycles. The van der Waals surface area contributed by atoms with Gasteiger partial charge in [-0.2, -0.15) is 0 Å². The molecular weight excluding hydrogens is 448 g/mol. The van der Waals surface area contributed by atoms with Gasteiger partial charge in [0.25, 0.3) is 0 Å². The first kappa shape index (κ1) is 22.8. The number of fused-ring (bicyclic) bond motifs is 1. The van der Waals surface area contributed by atoms with Crippen molar-refractivity contribution in [3.05, 3.63) is 53.9 Å². The van der Waals surface area contributed by atoms with Gasteiger partial charge in [0, 0.05) is 11.1 Å². The van der Waals surface area contributed by atoms with E-state index >= 15 is 0 Å². The second-order valence-corrected chi connectivity index (χ2v) is 7.46. The number of aliphatic carboxylic acids is 1. The van der Waals surface area contributed by atoms with Crippen LogP contribution in [-0.4, -0.2) is 66.0 Å². The molecular formula is C21H17F2NO9. The predicted octanol–water partition coefficient (Wildman–Crippen LogP) is 0.991. The van der Waals surface area contributed by atoms with Crippen LogP contribution >= 0.6 is 0 Å². The van der Waals surface area contributed by atoms with Crippen molar-refractivity contribution in [2.45, 2.75) is 30.2 Å². The van der Waals surface area contributed by atoms with Crippen LogP contribution in [0.1, 0.15) is 11.1 Å². The van der Waals surface area contributed by atoms with Gasteiger partial charge in [-0.15, -0.1) is 0 Å². The minimum atomic E-state index is -2.90. The number of ether oxygens (including phenoxy) is 1. The normalized spacial score (nSPS) is 27.6. The maximum absolute atomic E-state index is 14.3. The highest BCUT2D eigenvalue weighted by atomic mass is 19.1. The van der Waals surface area contributed by atoms with E-state index in [4.69, 9.17) is 9.15 Å². The number of benzene rings is 2. The summed E-state index contributed by atoms with van der Waals surface area (Å²) in [6, 6.07) is 5.25. The van der Waals surface area contributed by atoms with Gasteiger partial charge in [-0.05, 0) is 30.3 Å². The summed E-state index contributed by atoms with van der Waals surface area (Å²) in [7, 11) is 0. The van der Waals surface area contributed by atoms with E-state index in [1.54, 1.807) is 0 Å². The Hall–Kier alpha value is -3.42. The lowest BCUT2D eigenvalue weighted by atomic mass is 9.87. The lowest BCUT2D eigenvalue weighted by molar-refractivity contribution is -0.349. The van der Waals surface area contributed by atoms with Crippen molar-refractivity contribution >= 4 is 22.9 Å². The molecule has 1 aliphatic heterocycles. The molecule has 0 saturated carbocycles. The molecule has 1 unspecified atom stereocenters. The molecule has 10 nitrogen and oxygen atoms in total. The smallest absolute Gasteiger partial charge is 0.335 e. The third-order valence-corrected chi connectivity index (χ3v) is 5.33. The molecule has 1 saturated heterocycles. The van der Waals surface area contributed by atoms with Crippen molar-refractivity contribution in [3.8, 4) is 17.2 Å². The number of oxazole rings is 1. The number of hydrogen-bond donors (Lipinski definition) is 6. The zero-order valence-electron chi connectivity index (χ0n) is 16.5. The molecule has 3 aromatic rings. The summed E-state index contributed by atoms with van der Waals surface area (Å²) in [5, 5.41) is 59.9. The van der Waals surface area contributed by atoms with Gasteiger partial charge in [0.05, 0.1) is 5.56 Å². The number of phenols is 1. The fourth-order valence-corrected chi connectivity index (χ4v) is 3.57. The third kappa shape index (κ3) is 3.63. The maximum Gasteiger partial charge on any atom is 0.335 e. The molecule has 12 heteroatoms. The van der Waals surface area contributed by atoms with Crippen LogP contribution < -0.4 is 0 Å². The van der Waals surface area contributed by atoms with Gasteiger partial charge in [0.1, 0.15) is 29.7 Å². The number of nitrogens with zero attached hydrogens (tertiary/aromatic N) is 1. The molecule has 1 fully saturated rings. The number of carbonyl (C=O) groups is 1. The van der Waals surface area contributed by atoms with Crippen molar-refractivity contribution < 1.29 is 53.4 Å². The topological polar surface area (TPSA) is 174 Å². The van der Waals surface area contributed by atoms with E-state index < -0.39 is 59.1 Å². The average molecular weight is 465 g/mol. The van der Waals surface area contributed by atoms with E-state index in [0.29, 0.717) is 0 Å². The molecule has 2 heterocycles. The molecule has 4 rings (SSSR count). The predicted molar refractivity (Wildman–Crippen MR) is 106 cm³/mol. The van der Waals surface area contributed by atoms with E-state index in [1.165, 1.54) is 6.07 Å². The summed E-state index contributed by atoms with van der Waals surface area (Å²) in [4.78, 5) is 15.5. The molecule has 174 valence electrons. The van der Waals surface area contributed by atoms with Gasteiger partial charge in [-0.1, -0.05) is 6.58 Å². The highest BCUT2D eigenvalue weighted by molar-refractivity contribution is 5.88. The molecule has 1 aliphatic rings. The van der Waals surface area contributed by atoms with Crippen LogP contribution in [-0.2, 0) is 15.3 Å². The van der Waals surface area contributed by atoms with Crippen molar-refractivity contribution in [2.75, 3.05) is 0 Å². The Labute approximate surface area is 183 Å². The van der Waals surface area contributed by atoms with Crippen LogP contribution in [0.25, 0.3) is 28.4 Å². The van der Waals surface area contributed by atoms with E-state index in [0.717, 1.165) is 24.3 Å². The third-order valence-electron chi connectivity index (χ3n) is 5.33. The second-order valence-electron chi connectivity index (χ2n) is 7.46. The van der Waals surface area contributed by atoms with Gasteiger partial charge >= 0.3 is 5.97 Å². The van der Waals surface area contributed by atoms with Crippen LogP contribution in [0.3, 0.4) is 0 Å². The van der Waals surface area contributed by atoms with Crippen LogP contribution in [0, 0.1) is 5.82 Å². The highest BCUT2D eigenvalue weighted by Crippen LogP contribution is 2.40. The molecule has 0 radical (unpaired) electrons. The number of aromatic hydroxyl groups is 1. The first-order valence-electron chi connectivity index (χ1n) is 9.40. The summed E-state index contributed by atoms with van der Waals surface area (Å²) in [5.41, 5.74) is -1.02. The summed E-state index contributed by atoms with van der Waals surface area (Å²) in [5.74, 6) is -7.48. The Bertz CT molecular complexity index is 1280. The van der Waals surface area contributed by atoms with Gasteiger partial charge in [0.2, 0.25) is 11.7 Å². The van der Waals surface area contributed by atoms with E-state index in [-0.39, 0.29) is 28.1 Å². The fraction of sp³-hybridized carbons (Fsp3) is 0.238. The fourth-order valence-electron chi connectivity index (χ4n) is 3.57. The number of aliphatic hydroxyl groups excluding tert-OH is 3. The Morgan fingerprint density at radius 2 is 1.85 bits per heavy atom. The molecule has 5 atom stereocenters. The number of rotatable bonds is 4. The van der Waals surface area contributed by atoms with Crippen molar-refractivity contribution in [1.29, 1.82) is 0 Å². The van der Waals surface area contributed by atoms with E-state index in [2.05, 4.69) is 11.6 Å². The highest BCUT2D eigenvalue weighted by Gasteiger charge is 2.56. The molecule has 0 bridgehead atoms. The number of phenolic OH excluding ortho intramolecular Hbond substituents is 1. The van der Waals surface area contributed by atoms with Gasteiger partial charge in [-0.3, -0.25) is 0 Å². The first-order chi connectivity index (χ1) is 15.4. The monoisotopic (exact) mass is 465 g/mol. The Morgan fingerprint density at radius 3 is 2.45 bits per heavy atom. The zero-order chi connectivity index (χ0) is 24.2. The Morgan fingerprint density at radius 1 is 1.15 bits per heavy atom. The summed E-state index contributed by atoms with van der Waals surface area (Å²) in [6.07, 6.45) is -8.57. The molecule has 0 amide bonds. The molecule has 0 aliphatic carbocycles. The summed E-state index contributed by atoms with van der Waals surface area (Å²) in [6.45, 7) is 3.17. The van der Waals surface area contributed by atoms with Crippen molar-refractivity contribution in [1.82, 2.24) is 4.98 Å². The molecule has 0 spiro atoms. The van der Waals surface area contributed by atoms with E-state index in [1.807, 2.05) is 0 Å². The van der Waals surface area contributed by atoms with Crippen LogP contribution in [0.5, 0.6) is 5.75 Å². The van der Waals surface area contributed by atoms with E-state index in [9.17, 15) is 44.2 Å². The first-order valence-corrected chi connectivity index (χ1v) is 9.40. The molecule has 2 aromatic carbocycles. The number of carboxylic acid groups (broad SMARTS) is 1.